The van der Waals surface area contributed by atoms with Gasteiger partial charge in [-0.25, -0.2) is 4.79 Å². The number of nitrogens with zero attached hydrogens (tertiary/aromatic N) is 2. The monoisotopic (exact) mass is 413 g/mol. The average molecular weight is 413 g/mol. The molecule has 0 spiro atoms. The van der Waals surface area contributed by atoms with Crippen molar-refractivity contribution in [2.24, 2.45) is 0 Å². The summed E-state index contributed by atoms with van der Waals surface area (Å²) >= 11 is 0. The largest absolute Gasteiger partial charge is 0.496 e. The summed E-state index contributed by atoms with van der Waals surface area (Å²) in [5, 5.41) is 5.48. The third-order valence-electron chi connectivity index (χ3n) is 4.98. The average Bonchev–Trinajstić information content (AvgIpc) is 3.13. The SMILES string of the molecule is COc1cc2c(cc1C(F)(F)F)N(C(=O)Nc1cccnc1)CC2.c1cc2ccc1=2. The number of fused-ring (bicyclic) bond motifs is 1. The molecule has 0 unspecified atom stereocenters. The Morgan fingerprint density at radius 1 is 1.13 bits per heavy atom. The number of pyridine rings is 1. The fourth-order valence-corrected chi connectivity index (χ4v) is 3.31. The molecule has 0 atom stereocenters. The van der Waals surface area contributed by atoms with Crippen LogP contribution in [0.2, 0.25) is 0 Å². The summed E-state index contributed by atoms with van der Waals surface area (Å²) in [6.07, 6.45) is -1.08. The lowest BCUT2D eigenvalue weighted by atomic mass is 10.1. The molecule has 8 heteroatoms. The highest BCUT2D eigenvalue weighted by molar-refractivity contribution is 6.03. The van der Waals surface area contributed by atoms with Crippen molar-refractivity contribution in [3.05, 3.63) is 82.5 Å². The van der Waals surface area contributed by atoms with E-state index in [2.05, 4.69) is 34.6 Å². The molecule has 154 valence electrons. The molecule has 2 heterocycles. The Bertz CT molecular complexity index is 1130. The summed E-state index contributed by atoms with van der Waals surface area (Å²) < 4.78 is 44.4. The number of methoxy groups -OCH3 is 1. The van der Waals surface area contributed by atoms with E-state index >= 15 is 0 Å². The molecule has 0 saturated carbocycles. The van der Waals surface area contributed by atoms with Gasteiger partial charge >= 0.3 is 12.2 Å². The van der Waals surface area contributed by atoms with Crippen molar-refractivity contribution >= 4 is 17.4 Å². The van der Waals surface area contributed by atoms with E-state index in [1.807, 2.05) is 0 Å². The molecule has 0 saturated heterocycles. The smallest absolute Gasteiger partial charge is 0.420 e. The minimum atomic E-state index is -4.56. The number of carbonyl (C=O) groups excluding carboxylic acids is 1. The number of hydrogen-bond acceptors (Lipinski definition) is 3. The molecule has 1 aliphatic heterocycles. The normalized spacial score (nSPS) is 13.1. The molecule has 1 aromatic heterocycles. The summed E-state index contributed by atoms with van der Waals surface area (Å²) in [6, 6.07) is 13.6. The number of alkyl halides is 3. The maximum atomic E-state index is 13.2. The van der Waals surface area contributed by atoms with Crippen LogP contribution in [0.4, 0.5) is 29.3 Å². The van der Waals surface area contributed by atoms with Crippen LogP contribution in [0, 0.1) is 10.4 Å². The van der Waals surface area contributed by atoms with E-state index in [-0.39, 0.29) is 11.4 Å². The highest BCUT2D eigenvalue weighted by Gasteiger charge is 2.37. The van der Waals surface area contributed by atoms with Crippen LogP contribution < -0.4 is 15.0 Å². The van der Waals surface area contributed by atoms with Crippen LogP contribution in [0.1, 0.15) is 11.1 Å². The van der Waals surface area contributed by atoms with Gasteiger partial charge in [0, 0.05) is 18.4 Å². The second kappa shape index (κ2) is 7.70. The van der Waals surface area contributed by atoms with Crippen molar-refractivity contribution in [1.29, 1.82) is 0 Å². The van der Waals surface area contributed by atoms with Gasteiger partial charge < -0.3 is 10.1 Å². The van der Waals surface area contributed by atoms with E-state index in [0.29, 0.717) is 24.2 Å². The number of anilines is 2. The van der Waals surface area contributed by atoms with Gasteiger partial charge in [-0.1, -0.05) is 24.3 Å². The van der Waals surface area contributed by atoms with Crippen molar-refractivity contribution in [1.82, 2.24) is 4.98 Å². The molecule has 3 aliphatic rings. The highest BCUT2D eigenvalue weighted by atomic mass is 19.4. The molecular formula is C22H18F3N3O2. The van der Waals surface area contributed by atoms with Gasteiger partial charge in [-0.15, -0.1) is 0 Å². The Labute approximate surface area is 170 Å². The van der Waals surface area contributed by atoms with E-state index in [1.165, 1.54) is 34.7 Å². The van der Waals surface area contributed by atoms with Crippen LogP contribution in [-0.2, 0) is 12.6 Å². The molecule has 30 heavy (non-hydrogen) atoms. The van der Waals surface area contributed by atoms with Gasteiger partial charge in [-0.2, -0.15) is 13.2 Å². The lowest BCUT2D eigenvalue weighted by molar-refractivity contribution is -0.138. The maximum Gasteiger partial charge on any atom is 0.420 e. The number of nitrogens with one attached hydrogen (secondary N) is 1. The number of ether oxygens (including phenoxy) is 1. The lowest BCUT2D eigenvalue weighted by Gasteiger charge is -2.20. The van der Waals surface area contributed by atoms with Gasteiger partial charge in [0.1, 0.15) is 5.75 Å². The zero-order chi connectivity index (χ0) is 21.3. The van der Waals surface area contributed by atoms with Crippen LogP contribution >= 0.6 is 0 Å². The molecule has 1 N–H and O–H groups in total. The van der Waals surface area contributed by atoms with Gasteiger partial charge in [-0.3, -0.25) is 9.88 Å². The predicted molar refractivity (Wildman–Crippen MR) is 106 cm³/mol. The first-order valence-electron chi connectivity index (χ1n) is 9.24. The van der Waals surface area contributed by atoms with Crippen molar-refractivity contribution < 1.29 is 22.7 Å². The van der Waals surface area contributed by atoms with E-state index in [1.54, 1.807) is 18.3 Å². The predicted octanol–water partition coefficient (Wildman–Crippen LogP) is 4.99. The summed E-state index contributed by atoms with van der Waals surface area (Å²) in [4.78, 5) is 17.5. The first kappa shape index (κ1) is 19.8. The minimum Gasteiger partial charge on any atom is -0.496 e. The number of amides is 2. The molecule has 1 aromatic carbocycles. The van der Waals surface area contributed by atoms with Gasteiger partial charge in [0.05, 0.1) is 24.6 Å². The summed E-state index contributed by atoms with van der Waals surface area (Å²) in [5.74, 6) is -0.240. The topological polar surface area (TPSA) is 54.5 Å². The van der Waals surface area contributed by atoms with Gasteiger partial charge in [0.25, 0.3) is 0 Å². The maximum absolute atomic E-state index is 13.2. The highest BCUT2D eigenvalue weighted by Crippen LogP contribution is 2.42. The molecule has 2 amide bonds. The van der Waals surface area contributed by atoms with Crippen LogP contribution in [0.3, 0.4) is 0 Å². The molecular weight excluding hydrogens is 395 g/mol. The molecule has 2 aliphatic carbocycles. The fraction of sp³-hybridized carbons (Fsp3) is 0.182. The quantitative estimate of drug-likeness (QED) is 0.504. The Hall–Kier alpha value is -3.55. The summed E-state index contributed by atoms with van der Waals surface area (Å²) in [6.45, 7) is 0.298. The van der Waals surface area contributed by atoms with Crippen LogP contribution in [0.5, 0.6) is 5.75 Å². The Balaban J connectivity index is 0.000000305. The zero-order valence-corrected chi connectivity index (χ0v) is 16.0. The van der Waals surface area contributed by atoms with Crippen molar-refractivity contribution in [2.75, 3.05) is 23.9 Å². The number of urea groups is 1. The summed E-state index contributed by atoms with van der Waals surface area (Å²) in [7, 11) is 1.19. The Morgan fingerprint density at radius 2 is 1.83 bits per heavy atom. The van der Waals surface area contributed by atoms with Crippen LogP contribution in [0.15, 0.2) is 60.9 Å². The van der Waals surface area contributed by atoms with Crippen LogP contribution in [-0.4, -0.2) is 24.7 Å². The first-order chi connectivity index (χ1) is 14.4. The Morgan fingerprint density at radius 3 is 2.33 bits per heavy atom. The van der Waals surface area contributed by atoms with E-state index in [4.69, 9.17) is 4.74 Å². The first-order valence-corrected chi connectivity index (χ1v) is 9.24. The molecule has 0 fully saturated rings. The minimum absolute atomic E-state index is 0.240. The molecule has 5 rings (SSSR count). The van der Waals surface area contributed by atoms with E-state index < -0.39 is 17.8 Å². The zero-order valence-electron chi connectivity index (χ0n) is 16.0. The molecule has 0 bridgehead atoms. The fourth-order valence-electron chi connectivity index (χ4n) is 3.31. The van der Waals surface area contributed by atoms with Crippen molar-refractivity contribution in [2.45, 2.75) is 12.6 Å². The second-order valence-corrected chi connectivity index (χ2v) is 6.83. The number of halogens is 3. The standard InChI is InChI=1S/C16H14F3N3O2.C6H4/c1-24-14-7-10-4-6-22(13(10)8-12(14)16(17,18)19)15(23)21-11-3-2-5-20-9-11;1-2-6-4-3-5(1)6/h2-3,5,7-9H,4,6H2,1H3,(H,21,23);1-4H. The van der Waals surface area contributed by atoms with Gasteiger partial charge in [0.15, 0.2) is 0 Å². The number of rotatable bonds is 2. The summed E-state index contributed by atoms with van der Waals surface area (Å²) in [5.41, 5.74) is 0.455. The third kappa shape index (κ3) is 3.80. The van der Waals surface area contributed by atoms with Crippen molar-refractivity contribution in [3.8, 4) is 5.75 Å². The van der Waals surface area contributed by atoms with Crippen LogP contribution in [0.25, 0.3) is 0 Å². The molecule has 0 radical (unpaired) electrons. The van der Waals surface area contributed by atoms with E-state index in [0.717, 1.165) is 6.07 Å². The number of hydrogen-bond donors (Lipinski definition) is 1. The number of carbonyl (C=O) groups is 1. The Kier molecular flexibility index (Phi) is 5.07. The second-order valence-electron chi connectivity index (χ2n) is 6.83. The molecule has 2 aromatic rings. The van der Waals surface area contributed by atoms with Gasteiger partial charge in [-0.05, 0) is 46.7 Å². The van der Waals surface area contributed by atoms with Crippen molar-refractivity contribution in [3.63, 3.8) is 0 Å². The third-order valence-corrected chi connectivity index (χ3v) is 4.98. The van der Waals surface area contributed by atoms with Gasteiger partial charge in [0.2, 0.25) is 0 Å². The number of aromatic nitrogens is 1. The number of benzene rings is 2. The molecule has 5 nitrogen and oxygen atoms in total. The lowest BCUT2D eigenvalue weighted by Crippen LogP contribution is -2.33. The van der Waals surface area contributed by atoms with E-state index in [9.17, 15) is 18.0 Å².